The number of imide groups is 1. The van der Waals surface area contributed by atoms with Crippen molar-refractivity contribution in [3.63, 3.8) is 0 Å². The lowest BCUT2D eigenvalue weighted by Crippen LogP contribution is -2.25. The molecule has 0 aliphatic carbocycles. The lowest BCUT2D eigenvalue weighted by Gasteiger charge is -2.05. The van der Waals surface area contributed by atoms with Crippen LogP contribution in [0.25, 0.3) is 17.5 Å². The molecular weight excluding hydrogens is 400 g/mol. The largest absolute Gasteiger partial charge is 0.441 e. The monoisotopic (exact) mass is 418 g/mol. The van der Waals surface area contributed by atoms with Gasteiger partial charge in [0.05, 0.1) is 5.25 Å². The molecule has 1 aliphatic heterocycles. The van der Waals surface area contributed by atoms with Gasteiger partial charge < -0.3 is 4.42 Å². The van der Waals surface area contributed by atoms with E-state index in [4.69, 9.17) is 4.42 Å². The molecule has 0 saturated carbocycles. The van der Waals surface area contributed by atoms with E-state index in [1.54, 1.807) is 37.3 Å². The van der Waals surface area contributed by atoms with Crippen LogP contribution < -0.4 is 5.32 Å². The highest BCUT2D eigenvalue weighted by atomic mass is 32.2. The van der Waals surface area contributed by atoms with Crippen molar-refractivity contribution in [1.29, 1.82) is 0 Å². The molecule has 0 spiro atoms. The number of hydrogen-bond acceptors (Lipinski definition) is 6. The molecule has 30 heavy (non-hydrogen) atoms. The zero-order valence-corrected chi connectivity index (χ0v) is 16.9. The van der Waals surface area contributed by atoms with E-state index in [1.807, 2.05) is 30.3 Å². The van der Waals surface area contributed by atoms with Gasteiger partial charge in [0.25, 0.3) is 5.24 Å². The maximum atomic E-state index is 12.5. The Bertz CT molecular complexity index is 1130. The van der Waals surface area contributed by atoms with Crippen LogP contribution in [0.3, 0.4) is 0 Å². The van der Waals surface area contributed by atoms with Gasteiger partial charge in [0.1, 0.15) is 11.5 Å². The highest BCUT2D eigenvalue weighted by Crippen LogP contribution is 2.24. The van der Waals surface area contributed by atoms with Crippen LogP contribution in [-0.2, 0) is 11.2 Å². The highest BCUT2D eigenvalue weighted by molar-refractivity contribution is 8.15. The minimum atomic E-state index is -0.423. The molecule has 2 amide bonds. The van der Waals surface area contributed by atoms with Gasteiger partial charge in [-0.15, -0.1) is 0 Å². The van der Waals surface area contributed by atoms with Crippen LogP contribution in [0.4, 0.5) is 4.79 Å². The van der Waals surface area contributed by atoms with Crippen molar-refractivity contribution in [2.45, 2.75) is 18.6 Å². The van der Waals surface area contributed by atoms with E-state index in [9.17, 15) is 14.4 Å². The zero-order chi connectivity index (χ0) is 21.1. The minimum Gasteiger partial charge on any atom is -0.441 e. The summed E-state index contributed by atoms with van der Waals surface area (Å²) in [5.74, 6) is 0.714. The van der Waals surface area contributed by atoms with Crippen LogP contribution in [0.15, 0.2) is 65.1 Å². The second-order valence-corrected chi connectivity index (χ2v) is 7.98. The van der Waals surface area contributed by atoms with Gasteiger partial charge >= 0.3 is 0 Å². The number of rotatable bonds is 6. The molecule has 1 N–H and O–H groups in total. The molecule has 0 bridgehead atoms. The molecule has 1 aromatic heterocycles. The summed E-state index contributed by atoms with van der Waals surface area (Å²) in [5.41, 5.74) is 2.89. The number of thioether (sulfide) groups is 1. The first-order valence-corrected chi connectivity index (χ1v) is 10.2. The summed E-state index contributed by atoms with van der Waals surface area (Å²) in [7, 11) is 0. The van der Waals surface area contributed by atoms with Crippen LogP contribution >= 0.6 is 11.8 Å². The first-order chi connectivity index (χ1) is 14.5. The van der Waals surface area contributed by atoms with Crippen molar-refractivity contribution >= 4 is 34.8 Å². The molecule has 1 saturated heterocycles. The number of nitrogens with one attached hydrogen (secondary N) is 1. The van der Waals surface area contributed by atoms with Crippen LogP contribution in [0.2, 0.25) is 0 Å². The molecule has 2 heterocycles. The van der Waals surface area contributed by atoms with Gasteiger partial charge in [0.15, 0.2) is 5.78 Å². The van der Waals surface area contributed by atoms with Crippen LogP contribution in [0.1, 0.15) is 27.4 Å². The number of nitrogens with zero attached hydrogens (tertiary/aromatic N) is 1. The zero-order valence-electron chi connectivity index (χ0n) is 16.1. The fraction of sp³-hybridized carbons (Fsp3) is 0.130. The van der Waals surface area contributed by atoms with E-state index < -0.39 is 5.25 Å². The molecule has 2 aromatic carbocycles. The molecule has 1 aliphatic rings. The number of allylic oxidation sites excluding steroid dienone is 1. The van der Waals surface area contributed by atoms with Crippen molar-refractivity contribution < 1.29 is 18.8 Å². The van der Waals surface area contributed by atoms with Crippen LogP contribution in [0, 0.1) is 6.92 Å². The van der Waals surface area contributed by atoms with Gasteiger partial charge in [-0.1, -0.05) is 54.2 Å². The summed E-state index contributed by atoms with van der Waals surface area (Å²) < 4.78 is 5.70. The SMILES string of the molecule is Cc1oc(-c2ccccc2)nc1/C=C/C(=O)c1ccc(CC2SC(=O)NC2=O)cc1. The number of aromatic nitrogens is 1. The number of carbonyl (C=O) groups is 3. The predicted octanol–water partition coefficient (Wildman–Crippen LogP) is 4.44. The molecule has 150 valence electrons. The normalized spacial score (nSPS) is 16.2. The first kappa shape index (κ1) is 19.8. The maximum absolute atomic E-state index is 12.5. The average molecular weight is 418 g/mol. The number of benzene rings is 2. The number of oxazole rings is 1. The Morgan fingerprint density at radius 1 is 1.13 bits per heavy atom. The van der Waals surface area contributed by atoms with Crippen LogP contribution in [-0.4, -0.2) is 27.2 Å². The lowest BCUT2D eigenvalue weighted by molar-refractivity contribution is -0.118. The summed E-state index contributed by atoms with van der Waals surface area (Å²) in [4.78, 5) is 39.9. The summed E-state index contributed by atoms with van der Waals surface area (Å²) in [6, 6.07) is 16.6. The summed E-state index contributed by atoms with van der Waals surface area (Å²) in [6.45, 7) is 1.81. The quantitative estimate of drug-likeness (QED) is 0.470. The highest BCUT2D eigenvalue weighted by Gasteiger charge is 2.31. The molecule has 3 aromatic rings. The summed E-state index contributed by atoms with van der Waals surface area (Å²) >= 11 is 0.993. The standard InChI is InChI=1S/C23H18N2O4S/c1-14-18(24-22(29-14)17-5-3-2-4-6-17)11-12-19(26)16-9-7-15(8-10-16)13-20-21(27)25-23(28)30-20/h2-12,20H,13H2,1H3,(H,25,27,28)/b12-11+. The first-order valence-electron chi connectivity index (χ1n) is 9.35. The van der Waals surface area contributed by atoms with E-state index in [2.05, 4.69) is 10.3 Å². The van der Waals surface area contributed by atoms with Crippen molar-refractivity contribution in [3.8, 4) is 11.5 Å². The van der Waals surface area contributed by atoms with Gasteiger partial charge in [-0.25, -0.2) is 4.98 Å². The van der Waals surface area contributed by atoms with Gasteiger partial charge in [0.2, 0.25) is 11.8 Å². The number of carbonyl (C=O) groups excluding carboxylic acids is 3. The summed E-state index contributed by atoms with van der Waals surface area (Å²) in [6.07, 6.45) is 3.55. The van der Waals surface area contributed by atoms with E-state index in [1.165, 1.54) is 6.08 Å². The number of aryl methyl sites for hydroxylation is 1. The Morgan fingerprint density at radius 3 is 2.53 bits per heavy atom. The number of amides is 2. The predicted molar refractivity (Wildman–Crippen MR) is 115 cm³/mol. The molecule has 1 unspecified atom stereocenters. The Morgan fingerprint density at radius 2 is 1.87 bits per heavy atom. The third-order valence-electron chi connectivity index (χ3n) is 4.67. The van der Waals surface area contributed by atoms with Gasteiger partial charge in [0, 0.05) is 11.1 Å². The molecule has 0 radical (unpaired) electrons. The fourth-order valence-corrected chi connectivity index (χ4v) is 3.92. The topological polar surface area (TPSA) is 89.3 Å². The lowest BCUT2D eigenvalue weighted by atomic mass is 10.0. The number of hydrogen-bond donors (Lipinski definition) is 1. The second-order valence-electron chi connectivity index (χ2n) is 6.81. The third kappa shape index (κ3) is 4.41. The third-order valence-corrected chi connectivity index (χ3v) is 5.65. The van der Waals surface area contributed by atoms with Crippen molar-refractivity contribution in [3.05, 3.63) is 83.3 Å². The molecule has 1 fully saturated rings. The van der Waals surface area contributed by atoms with Gasteiger partial charge in [-0.2, -0.15) is 0 Å². The Hall–Kier alpha value is -3.45. The molecule has 7 heteroatoms. The van der Waals surface area contributed by atoms with Crippen molar-refractivity contribution in [2.75, 3.05) is 0 Å². The minimum absolute atomic E-state index is 0.159. The second kappa shape index (κ2) is 8.51. The van der Waals surface area contributed by atoms with E-state index in [0.29, 0.717) is 29.3 Å². The van der Waals surface area contributed by atoms with E-state index >= 15 is 0 Å². The smallest absolute Gasteiger partial charge is 0.286 e. The maximum Gasteiger partial charge on any atom is 0.286 e. The Labute approximate surface area is 177 Å². The Kier molecular flexibility index (Phi) is 5.63. The average Bonchev–Trinajstić information content (AvgIpc) is 3.28. The molecule has 4 rings (SSSR count). The van der Waals surface area contributed by atoms with Crippen LogP contribution in [0.5, 0.6) is 0 Å². The van der Waals surface area contributed by atoms with Gasteiger partial charge in [-0.05, 0) is 43.2 Å². The van der Waals surface area contributed by atoms with E-state index in [0.717, 1.165) is 22.9 Å². The number of ketones is 1. The van der Waals surface area contributed by atoms with Gasteiger partial charge in [-0.3, -0.25) is 19.7 Å². The van der Waals surface area contributed by atoms with Crippen molar-refractivity contribution in [1.82, 2.24) is 10.3 Å². The van der Waals surface area contributed by atoms with E-state index in [-0.39, 0.29) is 16.9 Å². The fourth-order valence-electron chi connectivity index (χ4n) is 3.06. The molecular formula is C23H18N2O4S. The molecule has 6 nitrogen and oxygen atoms in total. The summed E-state index contributed by atoms with van der Waals surface area (Å²) in [5, 5.41) is 1.53. The van der Waals surface area contributed by atoms with Crippen molar-refractivity contribution in [2.24, 2.45) is 0 Å². The Balaban J connectivity index is 1.43. The molecule has 1 atom stereocenters.